The second kappa shape index (κ2) is 16.3. The molecule has 0 fully saturated rings. The summed E-state index contributed by atoms with van der Waals surface area (Å²) in [5.41, 5.74) is 36.6. The van der Waals surface area contributed by atoms with E-state index in [0.29, 0.717) is 48.0 Å². The number of carboxylic acid groups (broad SMARTS) is 2. The number of benzene rings is 3. The molecule has 3 aromatic rings. The first-order valence-corrected chi connectivity index (χ1v) is 19.3. The van der Waals surface area contributed by atoms with Crippen LogP contribution in [-0.4, -0.2) is 57.6 Å². The van der Waals surface area contributed by atoms with Gasteiger partial charge in [0.1, 0.15) is 0 Å². The van der Waals surface area contributed by atoms with Crippen LogP contribution in [0.2, 0.25) is 26.2 Å². The molecule has 0 bridgehead atoms. The van der Waals surface area contributed by atoms with E-state index in [0.717, 1.165) is 11.1 Å². The first-order chi connectivity index (χ1) is 19.9. The molecule has 0 aliphatic rings. The summed E-state index contributed by atoms with van der Waals surface area (Å²) >= 11 is 0. The number of nitrogens with two attached hydrogens (primary N) is 6. The number of ether oxygens (including phenoxy) is 1. The predicted octanol–water partition coefficient (Wildman–Crippen LogP) is 2.63. The Hall–Kier alpha value is -4.42. The Morgan fingerprint density at radius 1 is 0.744 bits per heavy atom. The molecule has 0 aromatic heterocycles. The predicted molar refractivity (Wildman–Crippen MR) is 175 cm³/mol. The van der Waals surface area contributed by atoms with Gasteiger partial charge in [0.15, 0.2) is 22.4 Å². The molecule has 0 heterocycles. The number of hydrogen-bond donors (Lipinski definition) is 8. The number of nitrogen functional groups attached to an aromatic ring is 4. The third-order valence-corrected chi connectivity index (χ3v) is 12.2. The molecule has 0 saturated heterocycles. The van der Waals surface area contributed by atoms with Gasteiger partial charge in [0, 0.05) is 29.4 Å². The zero-order chi connectivity index (χ0) is 33.0. The van der Waals surface area contributed by atoms with Crippen LogP contribution >= 0.6 is 0 Å². The van der Waals surface area contributed by atoms with Crippen LogP contribution in [0.25, 0.3) is 0 Å². The van der Waals surface area contributed by atoms with Gasteiger partial charge in [0.2, 0.25) is 0 Å². The smallest absolute Gasteiger partial charge is 0.337 e. The molecule has 0 spiro atoms. The van der Waals surface area contributed by atoms with Crippen LogP contribution < -0.4 is 39.1 Å². The van der Waals surface area contributed by atoms with E-state index in [9.17, 15) is 14.4 Å². The number of rotatable bonds is 10. The molecular formula is C28H42N6O7Si2. The highest BCUT2D eigenvalue weighted by Crippen LogP contribution is 2.24. The van der Waals surface area contributed by atoms with Crippen molar-refractivity contribution in [1.82, 2.24) is 0 Å². The molecule has 234 valence electrons. The van der Waals surface area contributed by atoms with Gasteiger partial charge in [-0.2, -0.15) is 0 Å². The van der Waals surface area contributed by atoms with E-state index in [4.69, 9.17) is 53.5 Å². The SMILES string of the molecule is C[Si](C)(CN)O[Si](C)(C)CN.Nc1cc(Cc2ccc(C(=O)O)c(N)c2)ccc1OC=O.Nc1cc(N)cc(C(=O)O)c1. The Kier molecular flexibility index (Phi) is 13.9. The fraction of sp³-hybridized carbons (Fsp3) is 0.250. The fourth-order valence-corrected chi connectivity index (χ4v) is 10.3. The van der Waals surface area contributed by atoms with Crippen molar-refractivity contribution >= 4 is 57.8 Å². The molecule has 0 radical (unpaired) electrons. The molecule has 3 aromatic carbocycles. The summed E-state index contributed by atoms with van der Waals surface area (Å²) in [5.74, 6) is -1.78. The van der Waals surface area contributed by atoms with Crippen molar-refractivity contribution in [3.63, 3.8) is 0 Å². The Morgan fingerprint density at radius 2 is 1.23 bits per heavy atom. The number of anilines is 4. The van der Waals surface area contributed by atoms with Gasteiger partial charge in [0.25, 0.3) is 6.47 Å². The zero-order valence-electron chi connectivity index (χ0n) is 24.8. The van der Waals surface area contributed by atoms with E-state index in [1.807, 2.05) is 0 Å². The third kappa shape index (κ3) is 13.0. The number of carboxylic acids is 2. The van der Waals surface area contributed by atoms with E-state index in [2.05, 4.69) is 26.2 Å². The third-order valence-electron chi connectivity index (χ3n) is 5.76. The average Bonchev–Trinajstić information content (AvgIpc) is 2.90. The molecule has 0 unspecified atom stereocenters. The minimum atomic E-state index is -1.57. The van der Waals surface area contributed by atoms with E-state index in [1.165, 1.54) is 24.3 Å². The summed E-state index contributed by atoms with van der Waals surface area (Å²) < 4.78 is 10.7. The quantitative estimate of drug-likeness (QED) is 0.0910. The molecule has 3 rings (SSSR count). The Morgan fingerprint density at radius 3 is 1.63 bits per heavy atom. The summed E-state index contributed by atoms with van der Waals surface area (Å²) in [6.07, 6.45) is 1.91. The molecule has 43 heavy (non-hydrogen) atoms. The second-order valence-electron chi connectivity index (χ2n) is 10.7. The van der Waals surface area contributed by atoms with Gasteiger partial charge in [-0.3, -0.25) is 4.79 Å². The van der Waals surface area contributed by atoms with Crippen LogP contribution in [-0.2, 0) is 15.3 Å². The van der Waals surface area contributed by atoms with Crippen LogP contribution in [0.1, 0.15) is 31.8 Å². The topological polar surface area (TPSA) is 266 Å². The molecule has 0 atom stereocenters. The van der Waals surface area contributed by atoms with Crippen LogP contribution in [0.5, 0.6) is 5.75 Å². The van der Waals surface area contributed by atoms with Crippen molar-refractivity contribution < 1.29 is 33.4 Å². The van der Waals surface area contributed by atoms with Crippen molar-refractivity contribution in [3.8, 4) is 5.75 Å². The minimum Gasteiger partial charge on any atom is -0.478 e. The maximum Gasteiger partial charge on any atom is 0.337 e. The maximum absolute atomic E-state index is 10.9. The number of hydrogen-bond acceptors (Lipinski definition) is 11. The lowest BCUT2D eigenvalue weighted by Gasteiger charge is -2.31. The standard InChI is InChI=1S/C15H14N2O4.C7H8N2O2.C6H20N2OSi2/c16-12-6-9(1-3-11(12)15(19)20)5-10-2-4-14(21-8-18)13(17)7-10;8-5-1-4(7(10)11)2-6(9)3-5;1-10(2,5-7)9-11(3,4)6-8/h1-4,6-8H,5,16-17H2,(H,19,20);1-3H,8-9H2,(H,10,11);5-8H2,1-4H3. The molecule has 0 amide bonds. The lowest BCUT2D eigenvalue weighted by Crippen LogP contribution is -2.53. The highest BCUT2D eigenvalue weighted by atomic mass is 28.4. The first-order valence-electron chi connectivity index (χ1n) is 13.0. The number of aromatic carboxylic acids is 2. The van der Waals surface area contributed by atoms with Gasteiger partial charge in [-0.05, 0) is 86.2 Å². The van der Waals surface area contributed by atoms with E-state index in [-0.39, 0.29) is 16.8 Å². The normalized spacial score (nSPS) is 10.8. The van der Waals surface area contributed by atoms with Crippen molar-refractivity contribution in [2.75, 3.05) is 35.3 Å². The molecular weight excluding hydrogens is 589 g/mol. The van der Waals surface area contributed by atoms with Crippen molar-refractivity contribution in [1.29, 1.82) is 0 Å². The minimum absolute atomic E-state index is 0.0768. The van der Waals surface area contributed by atoms with Gasteiger partial charge >= 0.3 is 11.9 Å². The summed E-state index contributed by atoms with van der Waals surface area (Å²) in [7, 11) is -3.15. The van der Waals surface area contributed by atoms with Gasteiger partial charge in [0.05, 0.1) is 16.8 Å². The van der Waals surface area contributed by atoms with Gasteiger partial charge in [-0.15, -0.1) is 0 Å². The number of carbonyl (C=O) groups is 3. The molecule has 0 aliphatic heterocycles. The Labute approximate surface area is 253 Å². The zero-order valence-corrected chi connectivity index (χ0v) is 26.8. The van der Waals surface area contributed by atoms with Gasteiger partial charge < -0.3 is 53.5 Å². The Balaban J connectivity index is 0.000000356. The van der Waals surface area contributed by atoms with Gasteiger partial charge in [-0.25, -0.2) is 9.59 Å². The summed E-state index contributed by atoms with van der Waals surface area (Å²) in [4.78, 5) is 31.6. The maximum atomic E-state index is 10.9. The average molecular weight is 631 g/mol. The highest BCUT2D eigenvalue weighted by molar-refractivity contribution is 6.85. The van der Waals surface area contributed by atoms with Crippen molar-refractivity contribution in [2.24, 2.45) is 11.5 Å². The summed E-state index contributed by atoms with van der Waals surface area (Å²) in [5, 5.41) is 17.4. The second-order valence-corrected chi connectivity index (χ2v) is 19.4. The van der Waals surface area contributed by atoms with Crippen LogP contribution in [0.15, 0.2) is 54.6 Å². The highest BCUT2D eigenvalue weighted by Gasteiger charge is 2.30. The first kappa shape index (κ1) is 36.6. The van der Waals surface area contributed by atoms with E-state index < -0.39 is 28.6 Å². The molecule has 0 saturated carbocycles. The van der Waals surface area contributed by atoms with Crippen molar-refractivity contribution in [2.45, 2.75) is 32.6 Å². The van der Waals surface area contributed by atoms with E-state index in [1.54, 1.807) is 30.3 Å². The summed E-state index contributed by atoms with van der Waals surface area (Å²) in [6, 6.07) is 14.1. The molecule has 14 N–H and O–H groups in total. The molecule has 0 aliphatic carbocycles. The van der Waals surface area contributed by atoms with Crippen LogP contribution in [0.4, 0.5) is 22.7 Å². The van der Waals surface area contributed by atoms with Gasteiger partial charge in [-0.1, -0.05) is 12.1 Å². The Bertz CT molecular complexity index is 1390. The summed E-state index contributed by atoms with van der Waals surface area (Å²) in [6.45, 7) is 8.86. The van der Waals surface area contributed by atoms with Crippen LogP contribution in [0.3, 0.4) is 0 Å². The monoisotopic (exact) mass is 630 g/mol. The lowest BCUT2D eigenvalue weighted by molar-refractivity contribution is -0.120. The molecule has 15 heteroatoms. The lowest BCUT2D eigenvalue weighted by atomic mass is 10.0. The fourth-order valence-electron chi connectivity index (χ4n) is 3.65. The van der Waals surface area contributed by atoms with Crippen molar-refractivity contribution in [3.05, 3.63) is 76.9 Å². The largest absolute Gasteiger partial charge is 0.478 e. The number of carbonyl (C=O) groups excluding carboxylic acids is 1. The van der Waals surface area contributed by atoms with Crippen LogP contribution in [0, 0.1) is 0 Å². The molecule has 13 nitrogen and oxygen atoms in total. The van der Waals surface area contributed by atoms with E-state index >= 15 is 0 Å².